The van der Waals surface area contributed by atoms with Crippen LogP contribution in [0.3, 0.4) is 0 Å². The Labute approximate surface area is 350 Å². The van der Waals surface area contributed by atoms with Crippen molar-refractivity contribution in [3.63, 3.8) is 0 Å². The SMILES string of the molecule is CC1CC(C)(C)Nc2c1cc1c(c2[As](=O)([O-])O)Oc2c([As](=O)(O)O)c3c(cc2=C1c1c(Cl)c(SCC(=O)NCC(=O)O)c(Cl)c(Cl)c1C(=O)O)C(C)CC(C)(C)[NH+]=3. The fraction of sp³-hybridized carbons (Fsp3) is 0.389. The van der Waals surface area contributed by atoms with E-state index in [2.05, 4.69) is 15.6 Å². The molecule has 0 saturated carbocycles. The summed E-state index contributed by atoms with van der Waals surface area (Å²) in [4.78, 5) is 40.0. The van der Waals surface area contributed by atoms with Gasteiger partial charge in [0.2, 0.25) is 0 Å². The number of anilines is 1. The molecule has 3 unspecified atom stereocenters. The number of thioether (sulfide) groups is 1. The van der Waals surface area contributed by atoms with E-state index in [1.807, 2.05) is 41.5 Å². The van der Waals surface area contributed by atoms with E-state index in [1.54, 1.807) is 12.1 Å². The number of carboxylic acid groups (broad SMARTS) is 2. The second kappa shape index (κ2) is 15.0. The molecule has 57 heavy (non-hydrogen) atoms. The van der Waals surface area contributed by atoms with Crippen LogP contribution < -0.4 is 43.7 Å². The molecule has 8 N–H and O–H groups in total. The van der Waals surface area contributed by atoms with E-state index in [-0.39, 0.29) is 59.7 Å². The summed E-state index contributed by atoms with van der Waals surface area (Å²) < 4.78 is 79.5. The number of amides is 1. The molecular weight excluding hydrogens is 955 g/mol. The van der Waals surface area contributed by atoms with Crippen molar-refractivity contribution in [3.05, 3.63) is 65.6 Å². The van der Waals surface area contributed by atoms with Gasteiger partial charge in [-0.1, -0.05) is 0 Å². The quantitative estimate of drug-likeness (QED) is 0.0633. The van der Waals surface area contributed by atoms with Gasteiger partial charge in [0.25, 0.3) is 0 Å². The standard InChI is InChI=1S/C36H38As2Cl3N3O12S/c1-13-9-35(3,4)43-29-15(13)7-17-21(22-23(34(48)49)26(39)28(41)33(27(22)40)57-12-19(45)42-11-20(46)47)18-8-16-14(2)10-36(5,6)44-30(16)25(38(53,54)55)32(18)56-31(17)24(29)37(50,51)52/h7-8,13-14,43H,9-12H2,1-6H3,(H,42,45)(H,46,47)(H,48,49)(H2,50,51,52)(H2,53,54,55). The van der Waals surface area contributed by atoms with E-state index in [9.17, 15) is 43.4 Å². The maximum atomic E-state index is 13.7. The molecule has 3 aromatic rings. The Morgan fingerprint density at radius 3 is 2.18 bits per heavy atom. The zero-order valence-electron chi connectivity index (χ0n) is 31.2. The molecule has 306 valence electrons. The van der Waals surface area contributed by atoms with Crippen LogP contribution in [-0.2, 0) is 17.1 Å². The van der Waals surface area contributed by atoms with Crippen molar-refractivity contribution in [1.29, 1.82) is 0 Å². The van der Waals surface area contributed by atoms with Crippen molar-refractivity contribution in [1.82, 2.24) is 5.32 Å². The number of aliphatic carboxylic acids is 1. The summed E-state index contributed by atoms with van der Waals surface area (Å²) in [7, 11) is 0. The van der Waals surface area contributed by atoms with Crippen LogP contribution in [0.25, 0.3) is 5.57 Å². The number of fused-ring (bicyclic) bond motifs is 4. The number of benzene rings is 3. The van der Waals surface area contributed by atoms with Gasteiger partial charge in [0.15, 0.2) is 0 Å². The first-order valence-corrected chi connectivity index (χ1v) is 26.2. The first-order valence-electron chi connectivity index (χ1n) is 17.3. The maximum absolute atomic E-state index is 13.7. The van der Waals surface area contributed by atoms with Gasteiger partial charge in [0, 0.05) is 0 Å². The number of carbonyl (C=O) groups is 3. The minimum absolute atomic E-state index is 0.0107. The van der Waals surface area contributed by atoms with Gasteiger partial charge >= 0.3 is 343 Å². The fourth-order valence-electron chi connectivity index (χ4n) is 8.12. The second-order valence-corrected chi connectivity index (χ2v) is 24.1. The van der Waals surface area contributed by atoms with Crippen LogP contribution in [0.4, 0.5) is 5.69 Å². The molecule has 21 heteroatoms. The van der Waals surface area contributed by atoms with Crippen LogP contribution in [-0.4, -0.2) is 92.1 Å². The number of rotatable bonds is 9. The van der Waals surface area contributed by atoms with Gasteiger partial charge in [-0.05, 0) is 0 Å². The first kappa shape index (κ1) is 43.7. The van der Waals surface area contributed by atoms with Crippen LogP contribution >= 0.6 is 46.6 Å². The van der Waals surface area contributed by atoms with E-state index in [0.717, 1.165) is 0 Å². The molecule has 1 amide bonds. The van der Waals surface area contributed by atoms with E-state index in [0.29, 0.717) is 35.7 Å². The summed E-state index contributed by atoms with van der Waals surface area (Å²) in [6.07, 6.45) is 0.989. The van der Waals surface area contributed by atoms with Gasteiger partial charge in [-0.15, -0.1) is 0 Å². The summed E-state index contributed by atoms with van der Waals surface area (Å²) >= 11 is 8.62. The molecule has 3 aliphatic rings. The minimum atomic E-state index is -6.41. The van der Waals surface area contributed by atoms with Crippen molar-refractivity contribution in [2.75, 3.05) is 17.6 Å². The summed E-state index contributed by atoms with van der Waals surface area (Å²) in [6.45, 7) is 10.3. The van der Waals surface area contributed by atoms with Gasteiger partial charge in [-0.2, -0.15) is 0 Å². The van der Waals surface area contributed by atoms with Crippen LogP contribution in [0.5, 0.6) is 11.5 Å². The summed E-state index contributed by atoms with van der Waals surface area (Å²) in [6, 6.07) is 3.14. The molecule has 0 fully saturated rings. The molecule has 0 saturated heterocycles. The Kier molecular flexibility index (Phi) is 11.5. The molecule has 0 radical (unpaired) electrons. The second-order valence-electron chi connectivity index (χ2n) is 15.7. The third-order valence-electron chi connectivity index (χ3n) is 10.0. The summed E-state index contributed by atoms with van der Waals surface area (Å²) in [5.74, 6) is -5.88. The van der Waals surface area contributed by atoms with Crippen LogP contribution in [0, 0.1) is 0 Å². The zero-order chi connectivity index (χ0) is 42.5. The fourth-order valence-corrected chi connectivity index (χ4v) is 13.9. The van der Waals surface area contributed by atoms with E-state index in [4.69, 9.17) is 44.6 Å². The van der Waals surface area contributed by atoms with Crippen molar-refractivity contribution in [3.8, 4) is 11.5 Å². The molecule has 3 aliphatic heterocycles. The van der Waals surface area contributed by atoms with Crippen LogP contribution in [0.15, 0.2) is 17.0 Å². The van der Waals surface area contributed by atoms with Gasteiger partial charge in [0.1, 0.15) is 0 Å². The number of ether oxygens (including phenoxy) is 1. The predicted molar refractivity (Wildman–Crippen MR) is 210 cm³/mol. The van der Waals surface area contributed by atoms with E-state index < -0.39 is 100 Å². The number of hydrogen-bond donors (Lipinski definition) is 8. The molecule has 0 spiro atoms. The Bertz CT molecular complexity index is 2550. The number of carbonyl (C=O) groups excluding carboxylic acids is 1. The Balaban J connectivity index is 1.87. The molecule has 3 aromatic carbocycles. The Morgan fingerprint density at radius 2 is 1.60 bits per heavy atom. The third kappa shape index (κ3) is 8.07. The van der Waals surface area contributed by atoms with Gasteiger partial charge in [-0.25, -0.2) is 0 Å². The normalized spacial score (nSPS) is 20.0. The number of carboxylic acids is 2. The molecule has 3 heterocycles. The Hall–Kier alpha value is -2.88. The predicted octanol–water partition coefficient (Wildman–Crippen LogP) is 0.165. The average Bonchev–Trinajstić information content (AvgIpc) is 3.04. The summed E-state index contributed by atoms with van der Waals surface area (Å²) in [5.41, 5.74) is -1.79. The van der Waals surface area contributed by atoms with Gasteiger partial charge in [0.05, 0.1) is 0 Å². The number of hydrogen-bond acceptors (Lipinski definition) is 9. The molecule has 3 atom stereocenters. The van der Waals surface area contributed by atoms with Crippen molar-refractivity contribution >= 4 is 113 Å². The topological polar surface area (TPSA) is 257 Å². The molecular formula is C36H38As2Cl3N3O12S. The van der Waals surface area contributed by atoms with E-state index in [1.165, 1.54) is 0 Å². The molecule has 6 rings (SSSR count). The average molecular weight is 993 g/mol. The van der Waals surface area contributed by atoms with Crippen molar-refractivity contribution in [2.45, 2.75) is 82.2 Å². The van der Waals surface area contributed by atoms with Gasteiger partial charge in [-0.3, -0.25) is 4.79 Å². The zero-order valence-corrected chi connectivity index (χ0v) is 38.0. The van der Waals surface area contributed by atoms with Gasteiger partial charge < -0.3 is 5.11 Å². The number of aromatic carboxylic acids is 1. The molecule has 0 bridgehead atoms. The molecule has 0 aromatic heterocycles. The van der Waals surface area contributed by atoms with Crippen molar-refractivity contribution in [2.24, 2.45) is 0 Å². The monoisotopic (exact) mass is 991 g/mol. The summed E-state index contributed by atoms with van der Waals surface area (Å²) in [5, 5.41) is 23.9. The van der Waals surface area contributed by atoms with Crippen LogP contribution in [0.1, 0.15) is 98.8 Å². The van der Waals surface area contributed by atoms with E-state index >= 15 is 0 Å². The Morgan fingerprint density at radius 1 is 0.965 bits per heavy atom. The first-order chi connectivity index (χ1) is 26.1. The third-order valence-corrected chi connectivity index (χ3v) is 16.8. The van der Waals surface area contributed by atoms with Crippen molar-refractivity contribution < 1.29 is 58.2 Å². The number of nitrogens with one attached hydrogen (secondary N) is 3. The molecule has 15 nitrogen and oxygen atoms in total. The number of halogens is 3. The molecule has 0 aliphatic carbocycles. The van der Waals surface area contributed by atoms with Crippen LogP contribution in [0.2, 0.25) is 15.1 Å².